The van der Waals surface area contributed by atoms with Crippen LogP contribution in [0.3, 0.4) is 0 Å². The molecule has 0 aliphatic carbocycles. The first kappa shape index (κ1) is 16.1. The van der Waals surface area contributed by atoms with E-state index < -0.39 is 0 Å². The minimum absolute atomic E-state index is 0.221. The van der Waals surface area contributed by atoms with Crippen molar-refractivity contribution < 1.29 is 9.53 Å². The topological polar surface area (TPSA) is 44.8 Å². The van der Waals surface area contributed by atoms with Crippen LogP contribution in [-0.2, 0) is 4.79 Å². The highest BCUT2D eigenvalue weighted by Crippen LogP contribution is 2.29. The van der Waals surface area contributed by atoms with Crippen LogP contribution in [0.15, 0.2) is 24.3 Å². The lowest BCUT2D eigenvalue weighted by Crippen LogP contribution is -2.51. The number of carbonyl (C=O) groups excluding carboxylic acids is 1. The van der Waals surface area contributed by atoms with Gasteiger partial charge in [-0.1, -0.05) is 12.1 Å². The fraction of sp³-hybridized carbons (Fsp3) is 0.611. The van der Waals surface area contributed by atoms with Gasteiger partial charge >= 0.3 is 0 Å². The largest absolute Gasteiger partial charge is 0.492 e. The molecule has 0 atom stereocenters. The molecule has 126 valence electrons. The fourth-order valence-corrected chi connectivity index (χ4v) is 3.49. The number of benzene rings is 1. The van der Waals surface area contributed by atoms with Gasteiger partial charge in [0, 0.05) is 32.1 Å². The van der Waals surface area contributed by atoms with Gasteiger partial charge in [-0.05, 0) is 45.0 Å². The lowest BCUT2D eigenvalue weighted by molar-refractivity contribution is -0.136. The van der Waals surface area contributed by atoms with Gasteiger partial charge in [0.2, 0.25) is 5.91 Å². The molecule has 2 aliphatic heterocycles. The molecule has 2 heterocycles. The second-order valence-corrected chi connectivity index (χ2v) is 6.24. The molecule has 2 saturated heterocycles. The van der Waals surface area contributed by atoms with Gasteiger partial charge in [0.1, 0.15) is 5.75 Å². The normalized spacial score (nSPS) is 19.7. The molecule has 1 N–H and O–H groups in total. The Labute approximate surface area is 138 Å². The molecule has 0 spiro atoms. The molecule has 5 nitrogen and oxygen atoms in total. The van der Waals surface area contributed by atoms with Crippen LogP contribution in [0.2, 0.25) is 0 Å². The summed E-state index contributed by atoms with van der Waals surface area (Å²) in [5.74, 6) is 1.51. The zero-order valence-corrected chi connectivity index (χ0v) is 14.0. The van der Waals surface area contributed by atoms with Crippen molar-refractivity contribution in [2.24, 2.45) is 5.92 Å². The molecule has 1 aromatic rings. The molecule has 0 aromatic heterocycles. The highest BCUT2D eigenvalue weighted by molar-refractivity contribution is 5.79. The number of piperidine rings is 1. The summed E-state index contributed by atoms with van der Waals surface area (Å²) in [5, 5.41) is 3.33. The number of amides is 1. The summed E-state index contributed by atoms with van der Waals surface area (Å²) in [6.07, 6.45) is 1.96. The van der Waals surface area contributed by atoms with E-state index in [4.69, 9.17) is 4.74 Å². The Morgan fingerprint density at radius 1 is 1.17 bits per heavy atom. The maximum Gasteiger partial charge on any atom is 0.225 e. The van der Waals surface area contributed by atoms with Crippen LogP contribution in [0.25, 0.3) is 0 Å². The highest BCUT2D eigenvalue weighted by atomic mass is 16.5. The number of hydrogen-bond donors (Lipinski definition) is 1. The zero-order valence-electron chi connectivity index (χ0n) is 14.0. The van der Waals surface area contributed by atoms with E-state index in [1.807, 2.05) is 25.1 Å². The third-order valence-electron chi connectivity index (χ3n) is 4.79. The van der Waals surface area contributed by atoms with Crippen LogP contribution < -0.4 is 15.0 Å². The van der Waals surface area contributed by atoms with Gasteiger partial charge in [0.05, 0.1) is 12.3 Å². The van der Waals surface area contributed by atoms with E-state index in [-0.39, 0.29) is 5.92 Å². The van der Waals surface area contributed by atoms with Crippen LogP contribution in [0.1, 0.15) is 19.8 Å². The summed E-state index contributed by atoms with van der Waals surface area (Å²) >= 11 is 0. The maximum absolute atomic E-state index is 12.6. The maximum atomic E-state index is 12.6. The lowest BCUT2D eigenvalue weighted by atomic mass is 9.96. The Morgan fingerprint density at radius 2 is 1.87 bits per heavy atom. The van der Waals surface area contributed by atoms with Gasteiger partial charge < -0.3 is 19.9 Å². The van der Waals surface area contributed by atoms with Crippen molar-refractivity contribution in [3.8, 4) is 5.75 Å². The summed E-state index contributed by atoms with van der Waals surface area (Å²) in [6, 6.07) is 8.18. The molecule has 1 amide bonds. The van der Waals surface area contributed by atoms with Crippen molar-refractivity contribution in [3.05, 3.63) is 24.3 Å². The highest BCUT2D eigenvalue weighted by Gasteiger charge is 2.28. The van der Waals surface area contributed by atoms with Gasteiger partial charge in [0.15, 0.2) is 0 Å². The first-order chi connectivity index (χ1) is 11.3. The Hall–Kier alpha value is -1.75. The smallest absolute Gasteiger partial charge is 0.225 e. The van der Waals surface area contributed by atoms with Gasteiger partial charge in [-0.2, -0.15) is 0 Å². The van der Waals surface area contributed by atoms with Gasteiger partial charge in [-0.25, -0.2) is 0 Å². The average molecular weight is 317 g/mol. The van der Waals surface area contributed by atoms with E-state index in [1.165, 1.54) is 0 Å². The quantitative estimate of drug-likeness (QED) is 0.919. The van der Waals surface area contributed by atoms with Crippen molar-refractivity contribution in [1.82, 2.24) is 10.2 Å². The number of nitrogens with zero attached hydrogens (tertiary/aromatic N) is 2. The number of anilines is 1. The molecule has 0 unspecified atom stereocenters. The molecule has 3 rings (SSSR count). The van der Waals surface area contributed by atoms with Gasteiger partial charge in [-0.15, -0.1) is 0 Å². The number of para-hydroxylation sites is 2. The van der Waals surface area contributed by atoms with Crippen molar-refractivity contribution >= 4 is 11.6 Å². The molecule has 2 aliphatic rings. The Kier molecular flexibility index (Phi) is 5.39. The third-order valence-corrected chi connectivity index (χ3v) is 4.79. The number of hydrogen-bond acceptors (Lipinski definition) is 4. The SMILES string of the molecule is CCOc1ccccc1N1CCN(C(=O)C2CCNCC2)CC1. The predicted octanol–water partition coefficient (Wildman–Crippen LogP) is 1.73. The number of ether oxygens (including phenoxy) is 1. The Bertz CT molecular complexity index is 521. The predicted molar refractivity (Wildman–Crippen MR) is 92.0 cm³/mol. The van der Waals surface area contributed by atoms with E-state index in [1.54, 1.807) is 0 Å². The van der Waals surface area contributed by atoms with Crippen LogP contribution in [0, 0.1) is 5.92 Å². The first-order valence-corrected chi connectivity index (χ1v) is 8.76. The zero-order chi connectivity index (χ0) is 16.1. The first-order valence-electron chi connectivity index (χ1n) is 8.76. The van der Waals surface area contributed by atoms with Crippen molar-refractivity contribution in [2.75, 3.05) is 50.8 Å². The van der Waals surface area contributed by atoms with E-state index >= 15 is 0 Å². The molecule has 23 heavy (non-hydrogen) atoms. The van der Waals surface area contributed by atoms with E-state index in [0.717, 1.165) is 63.5 Å². The molecular formula is C18H27N3O2. The number of piperazine rings is 1. The number of carbonyl (C=O) groups is 1. The number of rotatable bonds is 4. The standard InChI is InChI=1S/C18H27N3O2/c1-2-23-17-6-4-3-5-16(17)20-11-13-21(14-12-20)18(22)15-7-9-19-10-8-15/h3-6,15,19H,2,7-14H2,1H3. The lowest BCUT2D eigenvalue weighted by Gasteiger charge is -2.38. The van der Waals surface area contributed by atoms with Gasteiger partial charge in [-0.3, -0.25) is 4.79 Å². The molecule has 2 fully saturated rings. The summed E-state index contributed by atoms with van der Waals surface area (Å²) < 4.78 is 5.73. The average Bonchev–Trinajstić information content (AvgIpc) is 2.63. The van der Waals surface area contributed by atoms with E-state index in [9.17, 15) is 4.79 Å². The molecule has 5 heteroatoms. The van der Waals surface area contributed by atoms with Crippen molar-refractivity contribution in [1.29, 1.82) is 0 Å². The third kappa shape index (κ3) is 3.78. The number of nitrogens with one attached hydrogen (secondary N) is 1. The molecular weight excluding hydrogens is 290 g/mol. The van der Waals surface area contributed by atoms with E-state index in [2.05, 4.69) is 21.2 Å². The summed E-state index contributed by atoms with van der Waals surface area (Å²) in [4.78, 5) is 17.0. The fourth-order valence-electron chi connectivity index (χ4n) is 3.49. The monoisotopic (exact) mass is 317 g/mol. The minimum Gasteiger partial charge on any atom is -0.492 e. The van der Waals surface area contributed by atoms with E-state index in [0.29, 0.717) is 12.5 Å². The Balaban J connectivity index is 1.59. The molecule has 0 bridgehead atoms. The molecule has 1 aromatic carbocycles. The second-order valence-electron chi connectivity index (χ2n) is 6.24. The van der Waals surface area contributed by atoms with Gasteiger partial charge in [0.25, 0.3) is 0 Å². The molecule has 0 saturated carbocycles. The summed E-state index contributed by atoms with van der Waals surface area (Å²) in [7, 11) is 0. The second kappa shape index (κ2) is 7.68. The van der Waals surface area contributed by atoms with Crippen molar-refractivity contribution in [2.45, 2.75) is 19.8 Å². The molecule has 0 radical (unpaired) electrons. The van der Waals surface area contributed by atoms with Crippen LogP contribution in [0.4, 0.5) is 5.69 Å². The van der Waals surface area contributed by atoms with Crippen LogP contribution >= 0.6 is 0 Å². The summed E-state index contributed by atoms with van der Waals surface area (Å²) in [6.45, 7) is 7.99. The van der Waals surface area contributed by atoms with Crippen LogP contribution in [0.5, 0.6) is 5.75 Å². The minimum atomic E-state index is 0.221. The van der Waals surface area contributed by atoms with Crippen molar-refractivity contribution in [3.63, 3.8) is 0 Å². The Morgan fingerprint density at radius 3 is 2.57 bits per heavy atom. The summed E-state index contributed by atoms with van der Waals surface area (Å²) in [5.41, 5.74) is 1.14. The van der Waals surface area contributed by atoms with Crippen LogP contribution in [-0.4, -0.2) is 56.7 Å².